The summed E-state index contributed by atoms with van der Waals surface area (Å²) in [7, 11) is 0. The molecule has 0 aromatic carbocycles. The molecule has 2 aromatic rings. The zero-order valence-corrected chi connectivity index (χ0v) is 15.3. The predicted molar refractivity (Wildman–Crippen MR) is 91.4 cm³/mol. The van der Waals surface area contributed by atoms with E-state index in [2.05, 4.69) is 66.1 Å². The van der Waals surface area contributed by atoms with Gasteiger partial charge in [-0.15, -0.1) is 10.2 Å². The van der Waals surface area contributed by atoms with Crippen molar-refractivity contribution in [1.29, 1.82) is 0 Å². The van der Waals surface area contributed by atoms with Gasteiger partial charge < -0.3 is 4.57 Å². The fraction of sp³-hybridized carbons (Fsp3) is 0.722. The van der Waals surface area contributed by atoms with E-state index in [0.29, 0.717) is 12.0 Å². The lowest BCUT2D eigenvalue weighted by molar-refractivity contribution is 0.211. The van der Waals surface area contributed by atoms with Gasteiger partial charge in [0.05, 0.1) is 5.69 Å². The largest absolute Gasteiger partial charge is 0.313 e. The average Bonchev–Trinajstić information content (AvgIpc) is 2.85. The van der Waals surface area contributed by atoms with E-state index >= 15 is 0 Å². The Balaban J connectivity index is 1.83. The molecule has 0 saturated carbocycles. The normalized spacial score (nSPS) is 18.8. The number of hydrogen-bond donors (Lipinski definition) is 0. The molecule has 0 amide bonds. The topological polar surface area (TPSA) is 48.5 Å². The van der Waals surface area contributed by atoms with Crippen molar-refractivity contribution in [2.75, 3.05) is 0 Å². The number of aryl methyl sites for hydroxylation is 2. The minimum atomic E-state index is 0.365. The van der Waals surface area contributed by atoms with E-state index in [0.717, 1.165) is 36.2 Å². The van der Waals surface area contributed by atoms with Crippen molar-refractivity contribution < 1.29 is 0 Å². The smallest absolute Gasteiger partial charge is 0.154 e. The molecular weight excluding hydrogens is 286 g/mol. The lowest BCUT2D eigenvalue weighted by Crippen LogP contribution is -2.21. The molecule has 0 N–H and O–H groups in total. The lowest BCUT2D eigenvalue weighted by Gasteiger charge is -2.29. The average molecular weight is 315 g/mol. The summed E-state index contributed by atoms with van der Waals surface area (Å²) in [5, 5.41) is 13.6. The second-order valence-electron chi connectivity index (χ2n) is 8.03. The molecule has 3 rings (SSSR count). The van der Waals surface area contributed by atoms with Crippen LogP contribution in [0.5, 0.6) is 0 Å². The van der Waals surface area contributed by atoms with Crippen molar-refractivity contribution in [3.8, 4) is 0 Å². The molecule has 1 aliphatic rings. The molecule has 2 aromatic heterocycles. The summed E-state index contributed by atoms with van der Waals surface area (Å²) in [5.41, 5.74) is 3.96. The summed E-state index contributed by atoms with van der Waals surface area (Å²) in [4.78, 5) is 0. The maximum atomic E-state index is 4.65. The maximum Gasteiger partial charge on any atom is 0.154 e. The fourth-order valence-electron chi connectivity index (χ4n) is 3.61. The quantitative estimate of drug-likeness (QED) is 0.853. The third-order valence-corrected chi connectivity index (χ3v) is 5.58. The van der Waals surface area contributed by atoms with Gasteiger partial charge in [0, 0.05) is 18.7 Å². The molecular formula is C18H29N5. The monoisotopic (exact) mass is 315 g/mol. The molecule has 1 aliphatic heterocycles. The highest BCUT2D eigenvalue weighted by Gasteiger charge is 2.28. The van der Waals surface area contributed by atoms with Crippen molar-refractivity contribution in [3.63, 3.8) is 0 Å². The molecule has 0 aliphatic carbocycles. The van der Waals surface area contributed by atoms with Crippen molar-refractivity contribution in [2.24, 2.45) is 11.3 Å². The van der Waals surface area contributed by atoms with Crippen LogP contribution in [0, 0.1) is 32.1 Å². The van der Waals surface area contributed by atoms with Crippen LogP contribution in [-0.2, 0) is 19.5 Å². The van der Waals surface area contributed by atoms with Gasteiger partial charge in [-0.05, 0) is 50.5 Å². The third kappa shape index (κ3) is 3.06. The van der Waals surface area contributed by atoms with E-state index < -0.39 is 0 Å². The number of hydrogen-bond acceptors (Lipinski definition) is 3. The third-order valence-electron chi connectivity index (χ3n) is 5.58. The van der Waals surface area contributed by atoms with Crippen LogP contribution in [0.3, 0.4) is 0 Å². The van der Waals surface area contributed by atoms with Crippen LogP contribution < -0.4 is 0 Å². The number of aromatic nitrogens is 5. The van der Waals surface area contributed by atoms with Crippen LogP contribution in [0.15, 0.2) is 0 Å². The number of rotatable bonds is 2. The Bertz CT molecular complexity index is 702. The van der Waals surface area contributed by atoms with Gasteiger partial charge in [0.1, 0.15) is 12.4 Å². The van der Waals surface area contributed by atoms with Crippen LogP contribution in [0.2, 0.25) is 0 Å². The second-order valence-corrected chi connectivity index (χ2v) is 8.03. The van der Waals surface area contributed by atoms with E-state index in [1.54, 1.807) is 0 Å². The summed E-state index contributed by atoms with van der Waals surface area (Å²) in [5.74, 6) is 2.93. The van der Waals surface area contributed by atoms with Gasteiger partial charge in [-0.1, -0.05) is 20.8 Å². The first kappa shape index (κ1) is 16.2. The molecule has 0 saturated heterocycles. The first-order valence-corrected chi connectivity index (χ1v) is 8.69. The van der Waals surface area contributed by atoms with Crippen LogP contribution in [0.25, 0.3) is 0 Å². The number of fused-ring (bicyclic) bond motifs is 1. The Morgan fingerprint density at radius 1 is 1.09 bits per heavy atom. The Labute approximate surface area is 139 Å². The molecule has 3 heterocycles. The highest BCUT2D eigenvalue weighted by molar-refractivity contribution is 5.22. The highest BCUT2D eigenvalue weighted by atomic mass is 15.3. The molecule has 5 heteroatoms. The van der Waals surface area contributed by atoms with Gasteiger partial charge >= 0.3 is 0 Å². The van der Waals surface area contributed by atoms with Gasteiger partial charge in [-0.2, -0.15) is 5.10 Å². The number of nitrogens with zero attached hydrogens (tertiary/aromatic N) is 5. The SMILES string of the molecule is Cc1nn(Cc2nnc3n2CCC(C(C)(C)C)CC3)c(C)c1C. The predicted octanol–water partition coefficient (Wildman–Crippen LogP) is 3.45. The van der Waals surface area contributed by atoms with Crippen LogP contribution in [0.1, 0.15) is 62.2 Å². The minimum Gasteiger partial charge on any atom is -0.313 e. The van der Waals surface area contributed by atoms with Crippen molar-refractivity contribution >= 4 is 0 Å². The van der Waals surface area contributed by atoms with Crippen molar-refractivity contribution in [1.82, 2.24) is 24.5 Å². The molecule has 126 valence electrons. The van der Waals surface area contributed by atoms with Crippen LogP contribution in [0.4, 0.5) is 0 Å². The van der Waals surface area contributed by atoms with E-state index in [9.17, 15) is 0 Å². The lowest BCUT2D eigenvalue weighted by atomic mass is 9.76. The molecule has 23 heavy (non-hydrogen) atoms. The molecule has 0 bridgehead atoms. The van der Waals surface area contributed by atoms with Crippen molar-refractivity contribution in [2.45, 2.75) is 73.9 Å². The molecule has 0 fully saturated rings. The molecule has 1 unspecified atom stereocenters. The Hall–Kier alpha value is -1.65. The van der Waals surface area contributed by atoms with Gasteiger partial charge in [0.2, 0.25) is 0 Å². The van der Waals surface area contributed by atoms with Gasteiger partial charge in [-0.25, -0.2) is 0 Å². The summed E-state index contributed by atoms with van der Waals surface area (Å²) >= 11 is 0. The molecule has 1 atom stereocenters. The van der Waals surface area contributed by atoms with Gasteiger partial charge in [0.25, 0.3) is 0 Å². The maximum absolute atomic E-state index is 4.65. The first-order chi connectivity index (χ1) is 10.8. The van der Waals surface area contributed by atoms with E-state index in [-0.39, 0.29) is 0 Å². The second kappa shape index (κ2) is 5.77. The van der Waals surface area contributed by atoms with Gasteiger partial charge in [-0.3, -0.25) is 4.68 Å². The van der Waals surface area contributed by atoms with E-state index in [1.807, 2.05) is 0 Å². The van der Waals surface area contributed by atoms with Crippen LogP contribution in [-0.4, -0.2) is 24.5 Å². The van der Waals surface area contributed by atoms with Gasteiger partial charge in [0.15, 0.2) is 5.82 Å². The summed E-state index contributed by atoms with van der Waals surface area (Å²) in [6.45, 7) is 15.1. The first-order valence-electron chi connectivity index (χ1n) is 8.69. The molecule has 5 nitrogen and oxygen atoms in total. The summed E-state index contributed by atoms with van der Waals surface area (Å²) in [6.07, 6.45) is 3.45. The highest BCUT2D eigenvalue weighted by Crippen LogP contribution is 2.34. The minimum absolute atomic E-state index is 0.365. The molecule has 0 spiro atoms. The summed E-state index contributed by atoms with van der Waals surface area (Å²) < 4.78 is 4.39. The molecule has 0 radical (unpaired) electrons. The zero-order chi connectivity index (χ0) is 16.8. The zero-order valence-electron chi connectivity index (χ0n) is 15.3. The van der Waals surface area contributed by atoms with Crippen LogP contribution >= 0.6 is 0 Å². The summed E-state index contributed by atoms with van der Waals surface area (Å²) in [6, 6.07) is 0. The Kier molecular flexibility index (Phi) is 4.07. The van der Waals surface area contributed by atoms with E-state index in [4.69, 9.17) is 0 Å². The Morgan fingerprint density at radius 3 is 2.43 bits per heavy atom. The standard InChI is InChI=1S/C18H29N5/c1-12-13(2)21-23(14(12)3)11-17-20-19-16-8-7-15(18(4,5)6)9-10-22(16)17/h15H,7-11H2,1-6H3. The fourth-order valence-corrected chi connectivity index (χ4v) is 3.61. The van der Waals surface area contributed by atoms with Crippen molar-refractivity contribution in [3.05, 3.63) is 28.6 Å². The van der Waals surface area contributed by atoms with E-state index in [1.165, 1.54) is 24.1 Å². The Morgan fingerprint density at radius 2 is 1.83 bits per heavy atom.